The third-order valence-corrected chi connectivity index (χ3v) is 2.27. The van der Waals surface area contributed by atoms with Gasteiger partial charge in [-0.1, -0.05) is 22.0 Å². The predicted molar refractivity (Wildman–Crippen MR) is 57.4 cm³/mol. The molecule has 14 heavy (non-hydrogen) atoms. The van der Waals surface area contributed by atoms with E-state index in [2.05, 4.69) is 15.9 Å². The smallest absolute Gasteiger partial charge is 0.126 e. The molecule has 0 spiro atoms. The fourth-order valence-corrected chi connectivity index (χ4v) is 1.47. The molecule has 0 amide bonds. The normalized spacial score (nSPS) is 12.6. The summed E-state index contributed by atoms with van der Waals surface area (Å²) in [5, 5.41) is 18.1. The van der Waals surface area contributed by atoms with Crippen LogP contribution in [-0.4, -0.2) is 23.4 Å². The number of hydrogen-bond acceptors (Lipinski definition) is 3. The van der Waals surface area contributed by atoms with Crippen molar-refractivity contribution in [2.24, 2.45) is 0 Å². The van der Waals surface area contributed by atoms with E-state index in [4.69, 9.17) is 9.84 Å². The topological polar surface area (TPSA) is 49.7 Å². The predicted octanol–water partition coefficient (Wildman–Crippen LogP) is 1.87. The van der Waals surface area contributed by atoms with Crippen LogP contribution in [0.25, 0.3) is 0 Å². The minimum atomic E-state index is -0.572. The molecule has 0 aliphatic carbocycles. The van der Waals surface area contributed by atoms with Gasteiger partial charge in [0.25, 0.3) is 0 Å². The molecule has 0 aliphatic rings. The summed E-state index contributed by atoms with van der Waals surface area (Å²) in [6, 6.07) is 5.41. The molecule has 1 aromatic rings. The van der Waals surface area contributed by atoms with Crippen molar-refractivity contribution in [3.05, 3.63) is 28.2 Å². The summed E-state index contributed by atoms with van der Waals surface area (Å²) in [5.41, 5.74) is 0.724. The van der Waals surface area contributed by atoms with Crippen LogP contribution < -0.4 is 4.74 Å². The lowest BCUT2D eigenvalue weighted by Crippen LogP contribution is -2.05. The van der Waals surface area contributed by atoms with Gasteiger partial charge in [-0.05, 0) is 19.1 Å². The van der Waals surface area contributed by atoms with Crippen molar-refractivity contribution in [1.29, 1.82) is 0 Å². The Morgan fingerprint density at radius 2 is 2.21 bits per heavy atom. The number of hydrogen-bond donors (Lipinski definition) is 2. The zero-order valence-electron chi connectivity index (χ0n) is 7.90. The summed E-state index contributed by atoms with van der Waals surface area (Å²) in [7, 11) is 0. The number of benzene rings is 1. The van der Waals surface area contributed by atoms with E-state index < -0.39 is 6.10 Å². The van der Waals surface area contributed by atoms with E-state index in [9.17, 15) is 5.11 Å². The van der Waals surface area contributed by atoms with Crippen LogP contribution in [0.3, 0.4) is 0 Å². The monoisotopic (exact) mass is 260 g/mol. The van der Waals surface area contributed by atoms with E-state index in [1.54, 1.807) is 19.1 Å². The van der Waals surface area contributed by atoms with Crippen LogP contribution in [-0.2, 0) is 0 Å². The molecule has 2 N–H and O–H groups in total. The van der Waals surface area contributed by atoms with E-state index in [0.29, 0.717) is 5.75 Å². The summed E-state index contributed by atoms with van der Waals surface area (Å²) in [5.74, 6) is 0.600. The SMILES string of the molecule is C[C@@H](O)c1ccc(Br)cc1OCCO. The average molecular weight is 261 g/mol. The first kappa shape index (κ1) is 11.5. The molecule has 0 saturated heterocycles. The zero-order chi connectivity index (χ0) is 10.6. The van der Waals surface area contributed by atoms with Crippen molar-refractivity contribution in [1.82, 2.24) is 0 Å². The van der Waals surface area contributed by atoms with Gasteiger partial charge in [-0.2, -0.15) is 0 Å². The number of halogens is 1. The van der Waals surface area contributed by atoms with Crippen LogP contribution in [0.2, 0.25) is 0 Å². The molecule has 0 unspecified atom stereocenters. The molecule has 0 fully saturated rings. The second-order valence-electron chi connectivity index (χ2n) is 2.93. The lowest BCUT2D eigenvalue weighted by atomic mass is 10.1. The fraction of sp³-hybridized carbons (Fsp3) is 0.400. The molecule has 0 heterocycles. The quantitative estimate of drug-likeness (QED) is 0.869. The van der Waals surface area contributed by atoms with E-state index in [1.807, 2.05) is 6.07 Å². The van der Waals surface area contributed by atoms with Crippen molar-refractivity contribution < 1.29 is 14.9 Å². The summed E-state index contributed by atoms with van der Waals surface area (Å²) in [4.78, 5) is 0. The van der Waals surface area contributed by atoms with E-state index in [-0.39, 0.29) is 13.2 Å². The van der Waals surface area contributed by atoms with Gasteiger partial charge in [-0.25, -0.2) is 0 Å². The molecule has 1 rings (SSSR count). The Bertz CT molecular complexity index is 299. The van der Waals surface area contributed by atoms with Crippen molar-refractivity contribution in [2.75, 3.05) is 13.2 Å². The van der Waals surface area contributed by atoms with Gasteiger partial charge in [0, 0.05) is 10.0 Å². The highest BCUT2D eigenvalue weighted by Crippen LogP contribution is 2.28. The number of aliphatic hydroxyl groups is 2. The number of rotatable bonds is 4. The van der Waals surface area contributed by atoms with Gasteiger partial charge in [0.2, 0.25) is 0 Å². The van der Waals surface area contributed by atoms with Gasteiger partial charge in [-0.15, -0.1) is 0 Å². The lowest BCUT2D eigenvalue weighted by molar-refractivity contribution is 0.177. The van der Waals surface area contributed by atoms with Crippen LogP contribution in [0.15, 0.2) is 22.7 Å². The molecular weight excluding hydrogens is 248 g/mol. The average Bonchev–Trinajstić information content (AvgIpc) is 2.14. The first-order valence-electron chi connectivity index (χ1n) is 4.36. The highest BCUT2D eigenvalue weighted by Gasteiger charge is 2.09. The fourth-order valence-electron chi connectivity index (χ4n) is 1.13. The van der Waals surface area contributed by atoms with Crippen molar-refractivity contribution in [3.63, 3.8) is 0 Å². The van der Waals surface area contributed by atoms with Gasteiger partial charge in [-0.3, -0.25) is 0 Å². The molecular formula is C10H13BrO3. The molecule has 78 valence electrons. The van der Waals surface area contributed by atoms with Crippen LogP contribution >= 0.6 is 15.9 Å². The minimum Gasteiger partial charge on any atom is -0.491 e. The summed E-state index contributed by atoms with van der Waals surface area (Å²) in [6.07, 6.45) is -0.572. The summed E-state index contributed by atoms with van der Waals surface area (Å²) in [6.45, 7) is 1.87. The first-order chi connectivity index (χ1) is 6.65. The number of ether oxygens (including phenoxy) is 1. The first-order valence-corrected chi connectivity index (χ1v) is 5.15. The second-order valence-corrected chi connectivity index (χ2v) is 3.85. The van der Waals surface area contributed by atoms with E-state index in [0.717, 1.165) is 10.0 Å². The molecule has 0 radical (unpaired) electrons. The lowest BCUT2D eigenvalue weighted by Gasteiger charge is -2.12. The Hall–Kier alpha value is -0.580. The third kappa shape index (κ3) is 2.97. The van der Waals surface area contributed by atoms with Crippen molar-refractivity contribution in [2.45, 2.75) is 13.0 Å². The second kappa shape index (κ2) is 5.34. The Labute approximate surface area is 91.5 Å². The maximum atomic E-state index is 9.44. The molecule has 1 atom stereocenters. The van der Waals surface area contributed by atoms with Gasteiger partial charge in [0.05, 0.1) is 12.7 Å². The molecule has 1 aromatic carbocycles. The standard InChI is InChI=1S/C10H13BrO3/c1-7(13)9-3-2-8(11)6-10(9)14-5-4-12/h2-3,6-7,12-13H,4-5H2,1H3/t7-/m1/s1. The van der Waals surface area contributed by atoms with Crippen molar-refractivity contribution in [3.8, 4) is 5.75 Å². The van der Waals surface area contributed by atoms with Crippen LogP contribution in [0.4, 0.5) is 0 Å². The third-order valence-electron chi connectivity index (χ3n) is 1.77. The van der Waals surface area contributed by atoms with Crippen LogP contribution in [0.5, 0.6) is 5.75 Å². The van der Waals surface area contributed by atoms with E-state index in [1.165, 1.54) is 0 Å². The largest absolute Gasteiger partial charge is 0.491 e. The van der Waals surface area contributed by atoms with Crippen molar-refractivity contribution >= 4 is 15.9 Å². The van der Waals surface area contributed by atoms with Crippen LogP contribution in [0, 0.1) is 0 Å². The Kier molecular flexibility index (Phi) is 4.38. The molecule has 0 aromatic heterocycles. The minimum absolute atomic E-state index is 0.0359. The molecule has 3 nitrogen and oxygen atoms in total. The maximum absolute atomic E-state index is 9.44. The zero-order valence-corrected chi connectivity index (χ0v) is 9.49. The Morgan fingerprint density at radius 3 is 2.79 bits per heavy atom. The highest BCUT2D eigenvalue weighted by molar-refractivity contribution is 9.10. The Balaban J connectivity index is 2.91. The highest BCUT2D eigenvalue weighted by atomic mass is 79.9. The summed E-state index contributed by atoms with van der Waals surface area (Å²) < 4.78 is 6.17. The maximum Gasteiger partial charge on any atom is 0.126 e. The summed E-state index contributed by atoms with van der Waals surface area (Å²) >= 11 is 3.31. The van der Waals surface area contributed by atoms with Gasteiger partial charge in [0.1, 0.15) is 12.4 Å². The Morgan fingerprint density at radius 1 is 1.50 bits per heavy atom. The van der Waals surface area contributed by atoms with Crippen LogP contribution in [0.1, 0.15) is 18.6 Å². The van der Waals surface area contributed by atoms with Gasteiger partial charge >= 0.3 is 0 Å². The molecule has 0 saturated carbocycles. The van der Waals surface area contributed by atoms with E-state index >= 15 is 0 Å². The molecule has 4 heteroatoms. The van der Waals surface area contributed by atoms with Gasteiger partial charge < -0.3 is 14.9 Å². The van der Waals surface area contributed by atoms with Gasteiger partial charge in [0.15, 0.2) is 0 Å². The molecule has 0 aliphatic heterocycles. The molecule has 0 bridgehead atoms. The number of aliphatic hydroxyl groups excluding tert-OH is 2.